The Bertz CT molecular complexity index is 1100. The lowest BCUT2D eigenvalue weighted by molar-refractivity contribution is -0.123. The second-order valence-electron chi connectivity index (χ2n) is 8.85. The number of piperidine rings is 1. The van der Waals surface area contributed by atoms with Gasteiger partial charge < -0.3 is 10.2 Å². The van der Waals surface area contributed by atoms with E-state index in [9.17, 15) is 4.79 Å². The molecule has 5 rings (SSSR count). The standard InChI is InChI=1S/C23H28N5OP/c1-13-7-18(8-14(2)24-13)17-5-6-23-27(12-17)22(29)10-21(30-23)19-9-20-16(4)25-15(3)11-28(20)26-19/h5-6,9-14,18,23-24,30H,7-8H2,1-4H3/t13-,14-,23?/m0/s1. The number of aryl methyl sites for hydroxylation is 2. The van der Waals surface area contributed by atoms with Crippen LogP contribution >= 0.6 is 8.58 Å². The summed E-state index contributed by atoms with van der Waals surface area (Å²) in [6.45, 7) is 8.46. The third kappa shape index (κ3) is 3.52. The minimum absolute atomic E-state index is 0.0497. The first-order valence-electron chi connectivity index (χ1n) is 10.7. The maximum absolute atomic E-state index is 13.0. The van der Waals surface area contributed by atoms with E-state index in [0.29, 0.717) is 26.6 Å². The van der Waals surface area contributed by atoms with Crippen LogP contribution < -0.4 is 5.32 Å². The molecule has 30 heavy (non-hydrogen) atoms. The Morgan fingerprint density at radius 3 is 2.73 bits per heavy atom. The van der Waals surface area contributed by atoms with Crippen molar-refractivity contribution in [3.05, 3.63) is 59.3 Å². The van der Waals surface area contributed by atoms with Crippen molar-refractivity contribution in [2.75, 3.05) is 0 Å². The SMILES string of the molecule is Cc1cn2nc(C3=CC(=O)N4C=C(C5C[C@H](C)N[C@@H](C)C5)C=CC4P3)cc2c(C)n1. The van der Waals surface area contributed by atoms with Crippen LogP contribution in [-0.4, -0.2) is 43.3 Å². The normalized spacial score (nSPS) is 29.9. The highest BCUT2D eigenvalue weighted by atomic mass is 31.1. The van der Waals surface area contributed by atoms with Crippen LogP contribution in [0.15, 0.2) is 42.3 Å². The van der Waals surface area contributed by atoms with E-state index in [4.69, 9.17) is 5.10 Å². The quantitative estimate of drug-likeness (QED) is 0.750. The van der Waals surface area contributed by atoms with Crippen LogP contribution in [0.1, 0.15) is 43.8 Å². The van der Waals surface area contributed by atoms with E-state index < -0.39 is 0 Å². The highest BCUT2D eigenvalue weighted by Crippen LogP contribution is 2.45. The molecule has 1 N–H and O–H groups in total. The molecule has 1 saturated heterocycles. The Morgan fingerprint density at radius 1 is 1.20 bits per heavy atom. The van der Waals surface area contributed by atoms with Gasteiger partial charge in [-0.25, -0.2) is 4.52 Å². The third-order valence-electron chi connectivity index (χ3n) is 6.24. The zero-order chi connectivity index (χ0) is 21.0. The molecule has 156 valence electrons. The number of allylic oxidation sites excluding steroid dienone is 2. The van der Waals surface area contributed by atoms with Crippen LogP contribution in [0, 0.1) is 19.8 Å². The molecule has 0 aromatic carbocycles. The second-order valence-corrected chi connectivity index (χ2v) is 10.3. The fourth-order valence-electron chi connectivity index (χ4n) is 4.95. The molecule has 0 radical (unpaired) electrons. The Balaban J connectivity index is 1.42. The minimum Gasteiger partial charge on any atom is -0.312 e. The lowest BCUT2D eigenvalue weighted by atomic mass is 9.83. The zero-order valence-electron chi connectivity index (χ0n) is 17.9. The van der Waals surface area contributed by atoms with Gasteiger partial charge in [-0.1, -0.05) is 20.7 Å². The fourth-order valence-corrected chi connectivity index (χ4v) is 6.28. The molecule has 2 aromatic rings. The highest BCUT2D eigenvalue weighted by Gasteiger charge is 2.32. The average molecular weight is 421 g/mol. The van der Waals surface area contributed by atoms with Crippen LogP contribution in [0.3, 0.4) is 0 Å². The zero-order valence-corrected chi connectivity index (χ0v) is 18.9. The van der Waals surface area contributed by atoms with Crippen molar-refractivity contribution in [3.63, 3.8) is 0 Å². The summed E-state index contributed by atoms with van der Waals surface area (Å²) in [5.74, 6) is 0.643. The first-order chi connectivity index (χ1) is 14.4. The highest BCUT2D eigenvalue weighted by molar-refractivity contribution is 7.51. The first kappa shape index (κ1) is 19.7. The summed E-state index contributed by atoms with van der Waals surface area (Å²) in [6.07, 6.45) is 12.5. The topological polar surface area (TPSA) is 62.5 Å². The molecule has 0 aliphatic carbocycles. The van der Waals surface area contributed by atoms with Gasteiger partial charge in [0.1, 0.15) is 0 Å². The summed E-state index contributed by atoms with van der Waals surface area (Å²) >= 11 is 0. The summed E-state index contributed by atoms with van der Waals surface area (Å²) in [5.41, 5.74) is 5.04. The summed E-state index contributed by atoms with van der Waals surface area (Å²) in [5, 5.41) is 9.36. The molecule has 0 spiro atoms. The number of hydrogen-bond acceptors (Lipinski definition) is 4. The van der Waals surface area contributed by atoms with Crippen molar-refractivity contribution in [1.82, 2.24) is 24.8 Å². The predicted octanol–water partition coefficient (Wildman–Crippen LogP) is 3.76. The van der Waals surface area contributed by atoms with Gasteiger partial charge in [0, 0.05) is 29.7 Å². The van der Waals surface area contributed by atoms with E-state index in [1.807, 2.05) is 29.5 Å². The van der Waals surface area contributed by atoms with Crippen LogP contribution in [0.4, 0.5) is 0 Å². The van der Waals surface area contributed by atoms with Crippen molar-refractivity contribution in [1.29, 1.82) is 0 Å². The minimum atomic E-state index is 0.0497. The summed E-state index contributed by atoms with van der Waals surface area (Å²) in [7, 11) is 0.480. The number of carbonyl (C=O) groups is 1. The molecule has 3 aliphatic heterocycles. The number of rotatable bonds is 2. The lowest BCUT2D eigenvalue weighted by Crippen LogP contribution is -2.43. The van der Waals surface area contributed by atoms with Crippen LogP contribution in [0.5, 0.6) is 0 Å². The number of nitrogens with zero attached hydrogens (tertiary/aromatic N) is 4. The number of carbonyl (C=O) groups excluding carboxylic acids is 1. The molecule has 1 fully saturated rings. The van der Waals surface area contributed by atoms with E-state index in [-0.39, 0.29) is 11.7 Å². The average Bonchev–Trinajstić information content (AvgIpc) is 3.11. The number of aromatic nitrogens is 3. The van der Waals surface area contributed by atoms with E-state index in [0.717, 1.165) is 40.8 Å². The van der Waals surface area contributed by atoms with Gasteiger partial charge in [0.2, 0.25) is 0 Å². The summed E-state index contributed by atoms with van der Waals surface area (Å²) in [4.78, 5) is 19.5. The van der Waals surface area contributed by atoms with Gasteiger partial charge in [-0.2, -0.15) is 5.10 Å². The molecule has 4 atom stereocenters. The van der Waals surface area contributed by atoms with Crippen LogP contribution in [-0.2, 0) is 4.79 Å². The Hall–Kier alpha value is -2.30. The number of amides is 1. The number of nitrogens with one attached hydrogen (secondary N) is 1. The van der Waals surface area contributed by atoms with Gasteiger partial charge in [-0.05, 0) is 58.1 Å². The van der Waals surface area contributed by atoms with Crippen molar-refractivity contribution in [3.8, 4) is 0 Å². The van der Waals surface area contributed by atoms with E-state index >= 15 is 0 Å². The molecule has 2 aromatic heterocycles. The number of fused-ring (bicyclic) bond motifs is 2. The van der Waals surface area contributed by atoms with Gasteiger partial charge in [-0.3, -0.25) is 9.78 Å². The van der Waals surface area contributed by atoms with E-state index in [1.54, 1.807) is 6.08 Å². The Kier molecular flexibility index (Phi) is 4.87. The van der Waals surface area contributed by atoms with Crippen molar-refractivity contribution >= 4 is 25.3 Å². The van der Waals surface area contributed by atoms with E-state index in [1.165, 1.54) is 5.57 Å². The molecular weight excluding hydrogens is 393 g/mol. The summed E-state index contributed by atoms with van der Waals surface area (Å²) < 4.78 is 1.88. The molecule has 6 nitrogen and oxygen atoms in total. The molecule has 5 heterocycles. The number of hydrogen-bond donors (Lipinski definition) is 1. The smallest absolute Gasteiger partial charge is 0.252 e. The van der Waals surface area contributed by atoms with E-state index in [2.05, 4.69) is 48.6 Å². The van der Waals surface area contributed by atoms with Crippen LogP contribution in [0.2, 0.25) is 0 Å². The maximum atomic E-state index is 13.0. The third-order valence-corrected chi connectivity index (χ3v) is 7.71. The Morgan fingerprint density at radius 2 is 1.97 bits per heavy atom. The van der Waals surface area contributed by atoms with Gasteiger partial charge in [0.15, 0.2) is 0 Å². The molecule has 0 bridgehead atoms. The fraction of sp³-hybridized carbons (Fsp3) is 0.435. The van der Waals surface area contributed by atoms with Crippen molar-refractivity contribution in [2.24, 2.45) is 5.92 Å². The molecular formula is C23H28N5OP. The van der Waals surface area contributed by atoms with Crippen molar-refractivity contribution in [2.45, 2.75) is 58.4 Å². The molecule has 7 heteroatoms. The summed E-state index contributed by atoms with van der Waals surface area (Å²) in [6, 6.07) is 3.07. The maximum Gasteiger partial charge on any atom is 0.252 e. The Labute approximate surface area is 178 Å². The van der Waals surface area contributed by atoms with Crippen molar-refractivity contribution < 1.29 is 4.79 Å². The molecule has 0 saturated carbocycles. The molecule has 2 unspecified atom stereocenters. The van der Waals surface area contributed by atoms with Crippen LogP contribution in [0.25, 0.3) is 10.8 Å². The first-order valence-corrected chi connectivity index (χ1v) is 11.8. The molecule has 1 amide bonds. The second kappa shape index (κ2) is 7.44. The van der Waals surface area contributed by atoms with Gasteiger partial charge in [0.25, 0.3) is 5.91 Å². The monoisotopic (exact) mass is 421 g/mol. The predicted molar refractivity (Wildman–Crippen MR) is 121 cm³/mol. The van der Waals surface area contributed by atoms with Gasteiger partial charge in [0.05, 0.1) is 34.6 Å². The largest absolute Gasteiger partial charge is 0.312 e. The lowest BCUT2D eigenvalue weighted by Gasteiger charge is -2.38. The van der Waals surface area contributed by atoms with Gasteiger partial charge in [-0.15, -0.1) is 0 Å². The van der Waals surface area contributed by atoms with Gasteiger partial charge >= 0.3 is 0 Å². The molecule has 3 aliphatic rings.